The standard InChI is InChI=1S/C13H13NOS2/c1-10-3-2-8-14-13(10)17-16-12-6-4-11(9-15)5-7-12/h2-8,15H,9H2,1H3. The highest BCUT2D eigenvalue weighted by Crippen LogP contribution is 2.37. The van der Waals surface area contributed by atoms with Crippen molar-refractivity contribution in [3.63, 3.8) is 0 Å². The van der Waals surface area contributed by atoms with Crippen LogP contribution in [0.3, 0.4) is 0 Å². The zero-order valence-electron chi connectivity index (χ0n) is 9.46. The van der Waals surface area contributed by atoms with Gasteiger partial charge in [-0.1, -0.05) is 29.0 Å². The molecule has 2 rings (SSSR count). The Morgan fingerprint density at radius 3 is 2.53 bits per heavy atom. The molecule has 0 amide bonds. The molecule has 2 aromatic rings. The average Bonchev–Trinajstić information content (AvgIpc) is 2.38. The van der Waals surface area contributed by atoms with Crippen molar-refractivity contribution in [2.45, 2.75) is 23.5 Å². The van der Waals surface area contributed by atoms with E-state index in [0.29, 0.717) is 0 Å². The van der Waals surface area contributed by atoms with Gasteiger partial charge in [0.15, 0.2) is 0 Å². The summed E-state index contributed by atoms with van der Waals surface area (Å²) in [6, 6.07) is 11.9. The molecule has 0 aliphatic heterocycles. The lowest BCUT2D eigenvalue weighted by atomic mass is 10.2. The molecule has 2 nitrogen and oxygen atoms in total. The number of aryl methyl sites for hydroxylation is 1. The quantitative estimate of drug-likeness (QED) is 0.853. The lowest BCUT2D eigenvalue weighted by molar-refractivity contribution is 0.282. The lowest BCUT2D eigenvalue weighted by Crippen LogP contribution is -1.82. The first-order valence-corrected chi connectivity index (χ1v) is 7.40. The molecule has 88 valence electrons. The van der Waals surface area contributed by atoms with Crippen molar-refractivity contribution >= 4 is 21.6 Å². The van der Waals surface area contributed by atoms with Crippen molar-refractivity contribution in [3.05, 3.63) is 53.7 Å². The van der Waals surface area contributed by atoms with E-state index in [1.54, 1.807) is 21.6 Å². The van der Waals surface area contributed by atoms with Crippen LogP contribution in [-0.4, -0.2) is 10.1 Å². The molecule has 0 aliphatic rings. The molecule has 4 heteroatoms. The molecule has 0 spiro atoms. The summed E-state index contributed by atoms with van der Waals surface area (Å²) >= 11 is 0. The minimum Gasteiger partial charge on any atom is -0.392 e. The number of rotatable bonds is 4. The van der Waals surface area contributed by atoms with E-state index in [9.17, 15) is 0 Å². The van der Waals surface area contributed by atoms with E-state index >= 15 is 0 Å². The van der Waals surface area contributed by atoms with Crippen LogP contribution in [0.5, 0.6) is 0 Å². The van der Waals surface area contributed by atoms with Crippen LogP contribution in [0.4, 0.5) is 0 Å². The smallest absolute Gasteiger partial charge is 0.110 e. The highest BCUT2D eigenvalue weighted by atomic mass is 33.1. The first-order chi connectivity index (χ1) is 8.29. The number of hydrogen-bond donors (Lipinski definition) is 1. The molecule has 0 bridgehead atoms. The Bertz CT molecular complexity index is 485. The fourth-order valence-corrected chi connectivity index (χ4v) is 3.40. The molecule has 0 fully saturated rings. The summed E-state index contributed by atoms with van der Waals surface area (Å²) < 4.78 is 0. The molecule has 17 heavy (non-hydrogen) atoms. The Morgan fingerprint density at radius 1 is 1.12 bits per heavy atom. The van der Waals surface area contributed by atoms with E-state index in [1.165, 1.54) is 5.56 Å². The Hall–Kier alpha value is -0.970. The highest BCUT2D eigenvalue weighted by Gasteiger charge is 2.01. The van der Waals surface area contributed by atoms with Gasteiger partial charge in [0.1, 0.15) is 5.03 Å². The predicted molar refractivity (Wildman–Crippen MR) is 73.1 cm³/mol. The summed E-state index contributed by atoms with van der Waals surface area (Å²) in [6.45, 7) is 2.15. The minimum atomic E-state index is 0.0947. The third-order valence-corrected chi connectivity index (χ3v) is 4.72. The van der Waals surface area contributed by atoms with Crippen LogP contribution < -0.4 is 0 Å². The highest BCUT2D eigenvalue weighted by molar-refractivity contribution is 8.76. The third kappa shape index (κ3) is 3.49. The molecule has 1 heterocycles. The average molecular weight is 263 g/mol. The first-order valence-electron chi connectivity index (χ1n) is 5.25. The zero-order chi connectivity index (χ0) is 12.1. The van der Waals surface area contributed by atoms with Gasteiger partial charge in [0.05, 0.1) is 6.61 Å². The van der Waals surface area contributed by atoms with Crippen LogP contribution in [0.25, 0.3) is 0 Å². The maximum Gasteiger partial charge on any atom is 0.110 e. The molecule has 0 unspecified atom stereocenters. The van der Waals surface area contributed by atoms with E-state index in [-0.39, 0.29) is 6.61 Å². The predicted octanol–water partition coefficient (Wildman–Crippen LogP) is 3.68. The van der Waals surface area contributed by atoms with E-state index in [1.807, 2.05) is 36.5 Å². The van der Waals surface area contributed by atoms with Gasteiger partial charge in [-0.15, -0.1) is 0 Å². The molecule has 0 atom stereocenters. The topological polar surface area (TPSA) is 33.1 Å². The fourth-order valence-electron chi connectivity index (χ4n) is 1.30. The summed E-state index contributed by atoms with van der Waals surface area (Å²) in [5, 5.41) is 10.00. The Balaban J connectivity index is 2.00. The molecule has 1 aromatic carbocycles. The molecule has 1 N–H and O–H groups in total. The van der Waals surface area contributed by atoms with E-state index in [0.717, 1.165) is 15.5 Å². The summed E-state index contributed by atoms with van der Waals surface area (Å²) in [4.78, 5) is 5.49. The van der Waals surface area contributed by atoms with Crippen LogP contribution in [0.2, 0.25) is 0 Å². The van der Waals surface area contributed by atoms with E-state index in [2.05, 4.69) is 18.0 Å². The maximum atomic E-state index is 8.95. The zero-order valence-corrected chi connectivity index (χ0v) is 11.1. The largest absolute Gasteiger partial charge is 0.392 e. The van der Waals surface area contributed by atoms with Crippen LogP contribution >= 0.6 is 21.6 Å². The first kappa shape index (κ1) is 12.5. The van der Waals surface area contributed by atoms with E-state index < -0.39 is 0 Å². The fraction of sp³-hybridized carbons (Fsp3) is 0.154. The van der Waals surface area contributed by atoms with E-state index in [4.69, 9.17) is 5.11 Å². The van der Waals surface area contributed by atoms with Gasteiger partial charge in [-0.25, -0.2) is 4.98 Å². The van der Waals surface area contributed by atoms with Crippen molar-refractivity contribution in [1.29, 1.82) is 0 Å². The molecule has 0 saturated heterocycles. The van der Waals surface area contributed by atoms with Crippen LogP contribution in [0.15, 0.2) is 52.5 Å². The van der Waals surface area contributed by atoms with Crippen molar-refractivity contribution < 1.29 is 5.11 Å². The molecular weight excluding hydrogens is 250 g/mol. The monoisotopic (exact) mass is 263 g/mol. The van der Waals surface area contributed by atoms with Gasteiger partial charge in [-0.05, 0) is 47.0 Å². The Morgan fingerprint density at radius 2 is 1.88 bits per heavy atom. The number of aromatic nitrogens is 1. The van der Waals surface area contributed by atoms with Gasteiger partial charge in [-0.2, -0.15) is 0 Å². The Labute approximate surface area is 109 Å². The van der Waals surface area contributed by atoms with Crippen molar-refractivity contribution in [1.82, 2.24) is 4.98 Å². The second-order valence-electron chi connectivity index (χ2n) is 3.59. The van der Waals surface area contributed by atoms with Gasteiger partial charge in [0, 0.05) is 11.1 Å². The summed E-state index contributed by atoms with van der Waals surface area (Å²) in [6.07, 6.45) is 1.81. The van der Waals surface area contributed by atoms with Crippen LogP contribution in [0, 0.1) is 6.92 Å². The second kappa shape index (κ2) is 6.10. The number of benzene rings is 1. The number of aliphatic hydroxyl groups is 1. The molecule has 0 aliphatic carbocycles. The van der Waals surface area contributed by atoms with Crippen LogP contribution in [0.1, 0.15) is 11.1 Å². The molecule has 0 radical (unpaired) electrons. The summed E-state index contributed by atoms with van der Waals surface area (Å²) in [7, 11) is 3.34. The molecule has 0 saturated carbocycles. The van der Waals surface area contributed by atoms with Crippen LogP contribution in [-0.2, 0) is 6.61 Å². The SMILES string of the molecule is Cc1cccnc1SSc1ccc(CO)cc1. The molecular formula is C13H13NOS2. The van der Waals surface area contributed by atoms with Gasteiger partial charge >= 0.3 is 0 Å². The second-order valence-corrected chi connectivity index (χ2v) is 5.79. The minimum absolute atomic E-state index is 0.0947. The number of nitrogens with zero attached hydrogens (tertiary/aromatic N) is 1. The third-order valence-electron chi connectivity index (χ3n) is 2.28. The summed E-state index contributed by atoms with van der Waals surface area (Å²) in [5.41, 5.74) is 2.13. The van der Waals surface area contributed by atoms with Crippen molar-refractivity contribution in [3.8, 4) is 0 Å². The van der Waals surface area contributed by atoms with Crippen molar-refractivity contribution in [2.24, 2.45) is 0 Å². The maximum absolute atomic E-state index is 8.95. The van der Waals surface area contributed by atoms with Gasteiger partial charge < -0.3 is 5.11 Å². The lowest BCUT2D eigenvalue weighted by Gasteiger charge is -2.03. The summed E-state index contributed by atoms with van der Waals surface area (Å²) in [5.74, 6) is 0. The number of aliphatic hydroxyl groups excluding tert-OH is 1. The van der Waals surface area contributed by atoms with Gasteiger partial charge in [0.25, 0.3) is 0 Å². The normalized spacial score (nSPS) is 10.5. The van der Waals surface area contributed by atoms with Gasteiger partial charge in [-0.3, -0.25) is 0 Å². The Kier molecular flexibility index (Phi) is 4.48. The number of hydrogen-bond acceptors (Lipinski definition) is 4. The van der Waals surface area contributed by atoms with Gasteiger partial charge in [0.2, 0.25) is 0 Å². The number of pyridine rings is 1. The van der Waals surface area contributed by atoms with Crippen molar-refractivity contribution in [2.75, 3.05) is 0 Å². The molecule has 1 aromatic heterocycles.